The number of fused-ring (bicyclic) bond motifs is 11. The van der Waals surface area contributed by atoms with E-state index >= 15 is 0 Å². The molecule has 0 bridgehead atoms. The zero-order chi connectivity index (χ0) is 78.4. The van der Waals surface area contributed by atoms with E-state index in [1.165, 1.54) is 21.9 Å². The molecule has 0 radical (unpaired) electrons. The number of hydrogen-bond donors (Lipinski definition) is 0. The Kier molecular flexibility index (Phi) is 12.7. The largest absolute Gasteiger partial charge is 0.366 e. The fourth-order valence-corrected chi connectivity index (χ4v) is 14.3. The molecule has 0 N–H and O–H groups in total. The SMILES string of the molecule is N#Cc1[c-]cc(-n2c3ccccc3c3ccccc32)cc1.[2H]c1c([2H])c([2H])c(-c2c[c-]c(B3c4[c-]cc(-n5c6ccc(C(C)(C)C)cc6c6cc(C(C)(C)C)ccc65)cc4N(c4cc(-c5ccccc5)cc(-c5ccccc5)c4)c4cc(-n5c6c([2H])c([2H])c([2H])c([2H])c6c6c([2H])c([2H])c([2H])c([2H])c65)ccc43)cc2)c([2H])c1[2H].[W]. The van der Waals surface area contributed by atoms with E-state index in [2.05, 4.69) is 201 Å². The molecule has 0 saturated carbocycles. The summed E-state index contributed by atoms with van der Waals surface area (Å²) in [6.07, 6.45) is 0. The number of nitrogens with zero attached hydrogens (tertiary/aromatic N) is 5. The quantitative estimate of drug-likeness (QED) is 0.112. The van der Waals surface area contributed by atoms with E-state index < -0.39 is 73.2 Å². The topological polar surface area (TPSA) is 41.8 Å². The molecule has 0 amide bonds. The van der Waals surface area contributed by atoms with Gasteiger partial charge in [-0.3, -0.25) is 5.26 Å². The van der Waals surface area contributed by atoms with Crippen LogP contribution in [-0.2, 0) is 31.9 Å². The van der Waals surface area contributed by atoms with Crippen LogP contribution in [0.4, 0.5) is 17.1 Å². The van der Waals surface area contributed by atoms with Crippen LogP contribution in [0.1, 0.15) is 76.1 Å². The average Bonchev–Trinajstić information content (AvgIpc) is 1.71. The Morgan fingerprint density at radius 3 is 1.42 bits per heavy atom. The second-order valence-corrected chi connectivity index (χ2v) is 27.2. The average molecular weight is 1460 g/mol. The number of hydrogen-bond acceptors (Lipinski definition) is 2. The summed E-state index contributed by atoms with van der Waals surface area (Å²) in [5.41, 5.74) is 17.4. The Balaban J connectivity index is 0.000000376. The summed E-state index contributed by atoms with van der Waals surface area (Å²) in [5, 5.41) is 13.5. The van der Waals surface area contributed by atoms with Crippen molar-refractivity contribution in [1.82, 2.24) is 13.7 Å². The zero-order valence-electron chi connectivity index (χ0n) is 68.7. The summed E-state index contributed by atoms with van der Waals surface area (Å²) in [4.78, 5) is 2.19. The third kappa shape index (κ3) is 11.1. The van der Waals surface area contributed by atoms with Crippen molar-refractivity contribution in [2.24, 2.45) is 0 Å². The minimum atomic E-state index is -0.668. The second kappa shape index (κ2) is 25.4. The van der Waals surface area contributed by atoms with Crippen LogP contribution in [0.15, 0.2) is 309 Å². The van der Waals surface area contributed by atoms with Gasteiger partial charge in [0.05, 0.1) is 28.9 Å². The third-order valence-electron chi connectivity index (χ3n) is 19.2. The van der Waals surface area contributed by atoms with Gasteiger partial charge in [0.25, 0.3) is 0 Å². The minimum Gasteiger partial charge on any atom is -0.366 e. The maximum atomic E-state index is 9.54. The Hall–Kier alpha value is -11.5. The maximum absolute atomic E-state index is 9.54. The van der Waals surface area contributed by atoms with Crippen LogP contribution in [0, 0.1) is 29.5 Å². The predicted molar refractivity (Wildman–Crippen MR) is 417 cm³/mol. The maximum Gasteiger partial charge on any atom is 0.195 e. The van der Waals surface area contributed by atoms with E-state index in [-0.39, 0.29) is 71.3 Å². The Labute approximate surface area is 617 Å². The molecule has 100 heavy (non-hydrogen) atoms. The molecular formula is C93H69BN5W-3. The molecule has 1 aliphatic rings. The molecule has 1 aliphatic heterocycles. The van der Waals surface area contributed by atoms with Gasteiger partial charge in [-0.15, -0.1) is 35.9 Å². The van der Waals surface area contributed by atoms with Crippen molar-refractivity contribution in [3.8, 4) is 56.5 Å². The first-order valence-corrected chi connectivity index (χ1v) is 33.1. The Bertz CT molecular complexity index is 6550. The van der Waals surface area contributed by atoms with Crippen molar-refractivity contribution in [2.75, 3.05) is 4.90 Å². The standard InChI is InChI=1S/C74H58BN3.C19H11N2.W/c1-73(2,3)55-32-40-69-63(45-55)64-46-56(74(4,5)6)33-41-70(64)77(69)59-37-39-66-72(48-59)78(60-43-53(50-22-12-8-13-23-50)42-54(44-60)51-24-14-9-15-25-51)71-47-58(76-67-28-18-16-26-61(67)62-27-17-19-29-68(62)76)36-38-65(71)75(66)57-34-30-52(31-35-57)49-20-10-7-11-21-49;20-13-14-9-11-15(12-10-14)21-18-7-3-1-5-16(18)17-6-2-4-8-19(17)21;/h7-34,36-38,40-48H,1-6H3;1-9,11-12H;/q-2;-1;/i7D,10D,11D,16D,17D,18D,19D,20D,21D,26D,27D,28D,29D;;. The van der Waals surface area contributed by atoms with Gasteiger partial charge in [0.1, 0.15) is 0 Å². The normalized spacial score (nSPS) is 14.0. The van der Waals surface area contributed by atoms with E-state index in [0.29, 0.717) is 33.7 Å². The van der Waals surface area contributed by atoms with Gasteiger partial charge in [-0.25, -0.2) is 0 Å². The van der Waals surface area contributed by atoms with Crippen LogP contribution in [0.25, 0.3) is 116 Å². The Morgan fingerprint density at radius 2 is 0.870 bits per heavy atom. The molecule has 0 atom stereocenters. The van der Waals surface area contributed by atoms with Crippen LogP contribution in [0.5, 0.6) is 0 Å². The molecule has 0 unspecified atom stereocenters. The number of para-hydroxylation sites is 4. The molecule has 0 fully saturated rings. The van der Waals surface area contributed by atoms with E-state index in [1.54, 1.807) is 28.8 Å². The van der Waals surface area contributed by atoms with Gasteiger partial charge in [-0.2, -0.15) is 47.3 Å². The molecule has 4 heterocycles. The fraction of sp³-hybridized carbons (Fsp3) is 0.0860. The van der Waals surface area contributed by atoms with Crippen molar-refractivity contribution in [2.45, 2.75) is 52.4 Å². The first kappa shape index (κ1) is 49.9. The molecule has 0 aliphatic carbocycles. The van der Waals surface area contributed by atoms with E-state index in [1.807, 2.05) is 84.9 Å². The van der Waals surface area contributed by atoms with Crippen LogP contribution in [0.2, 0.25) is 0 Å². The number of rotatable bonds is 8. The van der Waals surface area contributed by atoms with Crippen molar-refractivity contribution in [3.05, 3.63) is 344 Å². The predicted octanol–water partition coefficient (Wildman–Crippen LogP) is 21.8. The molecule has 0 spiro atoms. The first-order chi connectivity index (χ1) is 53.7. The van der Waals surface area contributed by atoms with Gasteiger partial charge in [0.15, 0.2) is 6.71 Å². The minimum absolute atomic E-state index is 0. The van der Waals surface area contributed by atoms with Crippen LogP contribution in [0.3, 0.4) is 0 Å². The molecular weight excluding hydrogens is 1380 g/mol. The fourth-order valence-electron chi connectivity index (χ4n) is 14.3. The van der Waals surface area contributed by atoms with Crippen LogP contribution in [-0.4, -0.2) is 20.4 Å². The van der Waals surface area contributed by atoms with Crippen LogP contribution >= 0.6 is 0 Å². The number of benzene rings is 14. The van der Waals surface area contributed by atoms with Gasteiger partial charge in [0, 0.05) is 92.5 Å². The van der Waals surface area contributed by atoms with Gasteiger partial charge >= 0.3 is 0 Å². The molecule has 3 aromatic heterocycles. The molecule has 5 nitrogen and oxygen atoms in total. The molecule has 0 saturated heterocycles. The Morgan fingerprint density at radius 1 is 0.360 bits per heavy atom. The molecule has 478 valence electrons. The van der Waals surface area contributed by atoms with Gasteiger partial charge < -0.3 is 18.6 Å². The van der Waals surface area contributed by atoms with Gasteiger partial charge in [-0.05, 0) is 135 Å². The van der Waals surface area contributed by atoms with Crippen molar-refractivity contribution in [1.29, 1.82) is 5.26 Å². The summed E-state index contributed by atoms with van der Waals surface area (Å²) in [6, 6.07) is 84.2. The van der Waals surface area contributed by atoms with Crippen molar-refractivity contribution in [3.63, 3.8) is 0 Å². The van der Waals surface area contributed by atoms with Crippen molar-refractivity contribution < 1.29 is 38.9 Å². The van der Waals surface area contributed by atoms with Crippen LogP contribution < -0.4 is 21.3 Å². The van der Waals surface area contributed by atoms with Gasteiger partial charge in [-0.1, -0.05) is 251 Å². The third-order valence-corrected chi connectivity index (χ3v) is 19.2. The smallest absolute Gasteiger partial charge is 0.195 e. The summed E-state index contributed by atoms with van der Waals surface area (Å²) in [5.74, 6) is 0. The summed E-state index contributed by atoms with van der Waals surface area (Å²) < 4.78 is 123. The monoisotopic (exact) mass is 1460 g/mol. The molecule has 18 rings (SSSR count). The molecule has 17 aromatic rings. The van der Waals surface area contributed by atoms with Gasteiger partial charge in [0.2, 0.25) is 0 Å². The van der Waals surface area contributed by atoms with E-state index in [0.717, 1.165) is 83.1 Å². The van der Waals surface area contributed by atoms with E-state index in [9.17, 15) is 5.48 Å². The second-order valence-electron chi connectivity index (χ2n) is 27.2. The number of aromatic nitrogens is 3. The van der Waals surface area contributed by atoms with Crippen molar-refractivity contribution >= 4 is 106 Å². The summed E-state index contributed by atoms with van der Waals surface area (Å²) >= 11 is 0. The number of anilines is 3. The number of nitriles is 1. The molecule has 14 aromatic carbocycles. The molecule has 7 heteroatoms. The first-order valence-electron chi connectivity index (χ1n) is 39.6. The summed E-state index contributed by atoms with van der Waals surface area (Å²) in [7, 11) is 0. The summed E-state index contributed by atoms with van der Waals surface area (Å²) in [6.45, 7) is 12.6. The van der Waals surface area contributed by atoms with E-state index in [4.69, 9.17) is 17.6 Å². The zero-order valence-corrected chi connectivity index (χ0v) is 58.6.